The number of methoxy groups -OCH3 is 1. The van der Waals surface area contributed by atoms with Gasteiger partial charge in [0.25, 0.3) is 0 Å². The zero-order chi connectivity index (χ0) is 12.7. The smallest absolute Gasteiger partial charge is 0.360 e. The molecule has 0 amide bonds. The third-order valence-corrected chi connectivity index (χ3v) is 4.19. The molecule has 0 radical (unpaired) electrons. The average Bonchev–Trinajstić information content (AvgIpc) is 2.81. The lowest BCUT2D eigenvalue weighted by Gasteiger charge is -2.45. The number of esters is 1. The Balaban J connectivity index is 1.89. The van der Waals surface area contributed by atoms with Crippen molar-refractivity contribution in [1.29, 1.82) is 0 Å². The molecule has 2 bridgehead atoms. The number of carbonyl (C=O) groups excluding carboxylic acids is 1. The molecule has 1 unspecified atom stereocenters. The van der Waals surface area contributed by atoms with Crippen LogP contribution in [0.15, 0.2) is 6.33 Å². The summed E-state index contributed by atoms with van der Waals surface area (Å²) in [5.41, 5.74) is 6.25. The largest absolute Gasteiger partial charge is 0.464 e. The summed E-state index contributed by atoms with van der Waals surface area (Å²) in [6.07, 6.45) is 4.08. The SMILES string of the molecule is COC(=O)c1ncn(C2CN3CCC2CC3)c1N. The van der Waals surface area contributed by atoms with E-state index in [1.807, 2.05) is 4.57 Å². The molecular formula is C12H18N4O2. The zero-order valence-corrected chi connectivity index (χ0v) is 10.5. The summed E-state index contributed by atoms with van der Waals surface area (Å²) in [7, 11) is 1.34. The fourth-order valence-corrected chi connectivity index (χ4v) is 3.14. The summed E-state index contributed by atoms with van der Waals surface area (Å²) in [6.45, 7) is 3.37. The van der Waals surface area contributed by atoms with Gasteiger partial charge in [0.2, 0.25) is 0 Å². The summed E-state index contributed by atoms with van der Waals surface area (Å²) in [6, 6.07) is 0.346. The van der Waals surface area contributed by atoms with Gasteiger partial charge in [-0.15, -0.1) is 0 Å². The second kappa shape index (κ2) is 4.28. The number of hydrogen-bond donors (Lipinski definition) is 1. The van der Waals surface area contributed by atoms with Crippen LogP contribution in [-0.4, -0.2) is 47.2 Å². The Bertz CT molecular complexity index is 463. The minimum atomic E-state index is -0.465. The van der Waals surface area contributed by atoms with E-state index in [1.54, 1.807) is 6.33 Å². The van der Waals surface area contributed by atoms with Gasteiger partial charge in [0.15, 0.2) is 5.69 Å². The second-order valence-electron chi connectivity index (χ2n) is 5.08. The van der Waals surface area contributed by atoms with Crippen LogP contribution in [0.5, 0.6) is 0 Å². The van der Waals surface area contributed by atoms with Crippen molar-refractivity contribution in [3.8, 4) is 0 Å². The molecular weight excluding hydrogens is 232 g/mol. The molecule has 0 aromatic carbocycles. The third-order valence-electron chi connectivity index (χ3n) is 4.19. The van der Waals surface area contributed by atoms with Gasteiger partial charge in [-0.2, -0.15) is 0 Å². The van der Waals surface area contributed by atoms with Gasteiger partial charge < -0.3 is 19.9 Å². The van der Waals surface area contributed by atoms with E-state index < -0.39 is 5.97 Å². The standard InChI is InChI=1S/C12H18N4O2/c1-18-12(17)10-11(13)16(7-14-10)9-6-15-4-2-8(9)3-5-15/h7-9H,2-6,13H2,1H3. The molecule has 6 heteroatoms. The maximum Gasteiger partial charge on any atom is 0.360 e. The molecule has 3 aliphatic rings. The first-order valence-electron chi connectivity index (χ1n) is 6.33. The Labute approximate surface area is 106 Å². The average molecular weight is 250 g/mol. The maximum absolute atomic E-state index is 11.5. The van der Waals surface area contributed by atoms with Crippen LogP contribution in [0.25, 0.3) is 0 Å². The fourth-order valence-electron chi connectivity index (χ4n) is 3.14. The number of anilines is 1. The van der Waals surface area contributed by atoms with Crippen molar-refractivity contribution in [2.75, 3.05) is 32.5 Å². The molecule has 3 fully saturated rings. The van der Waals surface area contributed by atoms with Crippen LogP contribution < -0.4 is 5.73 Å². The van der Waals surface area contributed by atoms with E-state index in [0.29, 0.717) is 17.8 Å². The number of rotatable bonds is 2. The van der Waals surface area contributed by atoms with Crippen LogP contribution in [0.1, 0.15) is 29.4 Å². The Kier molecular flexibility index (Phi) is 2.74. The van der Waals surface area contributed by atoms with E-state index in [0.717, 1.165) is 6.54 Å². The van der Waals surface area contributed by atoms with Crippen LogP contribution >= 0.6 is 0 Å². The molecule has 1 aromatic heterocycles. The lowest BCUT2D eigenvalue weighted by atomic mass is 9.84. The Morgan fingerprint density at radius 2 is 2.22 bits per heavy atom. The van der Waals surface area contributed by atoms with Crippen LogP contribution in [0, 0.1) is 5.92 Å². The lowest BCUT2D eigenvalue weighted by molar-refractivity contribution is 0.0571. The summed E-state index contributed by atoms with van der Waals surface area (Å²) in [5, 5.41) is 0. The highest BCUT2D eigenvalue weighted by atomic mass is 16.5. The number of nitrogen functional groups attached to an aromatic ring is 1. The lowest BCUT2D eigenvalue weighted by Crippen LogP contribution is -2.48. The van der Waals surface area contributed by atoms with Crippen LogP contribution in [0.3, 0.4) is 0 Å². The van der Waals surface area contributed by atoms with Gasteiger partial charge in [0.1, 0.15) is 5.82 Å². The van der Waals surface area contributed by atoms with E-state index in [-0.39, 0.29) is 5.69 Å². The Morgan fingerprint density at radius 1 is 1.50 bits per heavy atom. The highest BCUT2D eigenvalue weighted by molar-refractivity contribution is 5.92. The van der Waals surface area contributed by atoms with Gasteiger partial charge in [-0.05, 0) is 31.8 Å². The normalized spacial score (nSPS) is 30.4. The first-order valence-corrected chi connectivity index (χ1v) is 6.33. The number of carbonyl (C=O) groups is 1. The summed E-state index contributed by atoms with van der Waals surface area (Å²) >= 11 is 0. The number of ether oxygens (including phenoxy) is 1. The number of hydrogen-bond acceptors (Lipinski definition) is 5. The molecule has 1 atom stereocenters. The highest BCUT2D eigenvalue weighted by Gasteiger charge is 2.36. The van der Waals surface area contributed by atoms with Crippen molar-refractivity contribution in [1.82, 2.24) is 14.5 Å². The van der Waals surface area contributed by atoms with E-state index in [2.05, 4.69) is 14.6 Å². The van der Waals surface area contributed by atoms with Gasteiger partial charge >= 0.3 is 5.97 Å². The number of piperidine rings is 3. The molecule has 0 spiro atoms. The minimum Gasteiger partial charge on any atom is -0.464 e. The Morgan fingerprint density at radius 3 is 2.78 bits per heavy atom. The predicted octanol–water partition coefficient (Wildman–Crippen LogP) is 0.519. The molecule has 4 heterocycles. The molecule has 3 saturated heterocycles. The molecule has 3 aliphatic heterocycles. The number of aromatic nitrogens is 2. The van der Waals surface area contributed by atoms with Gasteiger partial charge in [-0.25, -0.2) is 9.78 Å². The minimum absolute atomic E-state index is 0.231. The number of nitrogens with zero attached hydrogens (tertiary/aromatic N) is 3. The zero-order valence-electron chi connectivity index (χ0n) is 10.5. The highest BCUT2D eigenvalue weighted by Crippen LogP contribution is 2.37. The molecule has 4 rings (SSSR count). The number of fused-ring (bicyclic) bond motifs is 3. The van der Waals surface area contributed by atoms with Crippen LogP contribution in [0.4, 0.5) is 5.82 Å². The van der Waals surface area contributed by atoms with Crippen molar-refractivity contribution in [3.05, 3.63) is 12.0 Å². The van der Waals surface area contributed by atoms with Crippen LogP contribution in [0.2, 0.25) is 0 Å². The fraction of sp³-hybridized carbons (Fsp3) is 0.667. The molecule has 18 heavy (non-hydrogen) atoms. The predicted molar refractivity (Wildman–Crippen MR) is 66.2 cm³/mol. The van der Waals surface area contributed by atoms with E-state index in [9.17, 15) is 4.79 Å². The van der Waals surface area contributed by atoms with E-state index >= 15 is 0 Å². The van der Waals surface area contributed by atoms with Gasteiger partial charge in [0.05, 0.1) is 19.5 Å². The molecule has 98 valence electrons. The molecule has 0 saturated carbocycles. The van der Waals surface area contributed by atoms with Crippen LogP contribution in [-0.2, 0) is 4.74 Å². The summed E-state index contributed by atoms with van der Waals surface area (Å²) in [4.78, 5) is 18.0. The quantitative estimate of drug-likeness (QED) is 0.775. The van der Waals surface area contributed by atoms with Gasteiger partial charge in [-0.1, -0.05) is 0 Å². The second-order valence-corrected chi connectivity index (χ2v) is 5.08. The molecule has 0 aliphatic carbocycles. The molecule has 2 N–H and O–H groups in total. The van der Waals surface area contributed by atoms with Crippen molar-refractivity contribution in [2.24, 2.45) is 5.92 Å². The number of imidazole rings is 1. The third kappa shape index (κ3) is 1.68. The van der Waals surface area contributed by atoms with Crippen molar-refractivity contribution in [3.63, 3.8) is 0 Å². The molecule has 6 nitrogen and oxygen atoms in total. The maximum atomic E-state index is 11.5. The van der Waals surface area contributed by atoms with E-state index in [4.69, 9.17) is 5.73 Å². The van der Waals surface area contributed by atoms with Crippen molar-refractivity contribution < 1.29 is 9.53 Å². The monoisotopic (exact) mass is 250 g/mol. The topological polar surface area (TPSA) is 73.4 Å². The first-order chi connectivity index (χ1) is 8.70. The Hall–Kier alpha value is -1.56. The molecule has 1 aromatic rings. The van der Waals surface area contributed by atoms with Crippen molar-refractivity contribution in [2.45, 2.75) is 18.9 Å². The number of nitrogens with two attached hydrogens (primary N) is 1. The van der Waals surface area contributed by atoms with Gasteiger partial charge in [-0.3, -0.25) is 0 Å². The van der Waals surface area contributed by atoms with E-state index in [1.165, 1.54) is 33.0 Å². The summed E-state index contributed by atoms with van der Waals surface area (Å²) in [5.74, 6) is 0.616. The van der Waals surface area contributed by atoms with Gasteiger partial charge in [0, 0.05) is 6.54 Å². The first kappa shape index (κ1) is 11.5. The summed E-state index contributed by atoms with van der Waals surface area (Å²) < 4.78 is 6.62. The van der Waals surface area contributed by atoms with Crippen molar-refractivity contribution >= 4 is 11.8 Å².